The molecule has 4 aromatic rings. The van der Waals surface area contributed by atoms with Crippen molar-refractivity contribution < 1.29 is 0 Å². The van der Waals surface area contributed by atoms with E-state index < -0.39 is 0 Å². The van der Waals surface area contributed by atoms with E-state index in [1.165, 1.54) is 14.7 Å². The quantitative estimate of drug-likeness (QED) is 0.492. The third-order valence-corrected chi connectivity index (χ3v) is 5.42. The van der Waals surface area contributed by atoms with Crippen molar-refractivity contribution in [3.8, 4) is 5.95 Å². The van der Waals surface area contributed by atoms with Gasteiger partial charge in [0.25, 0.3) is 5.56 Å². The highest BCUT2D eigenvalue weighted by molar-refractivity contribution is 5.72. The van der Waals surface area contributed by atoms with Crippen molar-refractivity contribution in [3.63, 3.8) is 0 Å². The van der Waals surface area contributed by atoms with Crippen LogP contribution < -0.4 is 11.2 Å². The van der Waals surface area contributed by atoms with E-state index in [1.807, 2.05) is 42.7 Å². The molecule has 0 atom stereocenters. The molecule has 0 bridgehead atoms. The molecule has 0 aliphatic carbocycles. The molecule has 8 nitrogen and oxygen atoms in total. The Kier molecular flexibility index (Phi) is 5.15. The minimum absolute atomic E-state index is 0.310. The maximum atomic E-state index is 13.2. The molecule has 0 N–H and O–H groups in total. The highest BCUT2D eigenvalue weighted by Crippen LogP contribution is 2.18. The maximum absolute atomic E-state index is 13.2. The number of hydrogen-bond acceptors (Lipinski definition) is 4. The molecule has 0 saturated carbocycles. The topological polar surface area (TPSA) is 79.6 Å². The van der Waals surface area contributed by atoms with Gasteiger partial charge in [0, 0.05) is 25.8 Å². The van der Waals surface area contributed by atoms with Crippen molar-refractivity contribution in [1.82, 2.24) is 28.5 Å². The molecule has 0 fully saturated rings. The maximum Gasteiger partial charge on any atom is 0.332 e. The summed E-state index contributed by atoms with van der Waals surface area (Å²) in [5.41, 5.74) is 3.20. The highest BCUT2D eigenvalue weighted by atomic mass is 16.2. The number of nitrogens with zero attached hydrogens (tertiary/aromatic N) is 6. The molecular formula is C22H26N6O2. The number of hydrogen-bond donors (Lipinski definition) is 0. The van der Waals surface area contributed by atoms with Gasteiger partial charge in [0.1, 0.15) is 0 Å². The Morgan fingerprint density at radius 1 is 1.03 bits per heavy atom. The normalized spacial score (nSPS) is 11.5. The lowest BCUT2D eigenvalue weighted by Crippen LogP contribution is -2.39. The first-order chi connectivity index (χ1) is 14.4. The second kappa shape index (κ2) is 7.78. The fourth-order valence-corrected chi connectivity index (χ4v) is 3.93. The molecule has 3 heterocycles. The molecule has 0 amide bonds. The average molecular weight is 406 g/mol. The zero-order valence-corrected chi connectivity index (χ0v) is 17.8. The summed E-state index contributed by atoms with van der Waals surface area (Å²) in [6.07, 6.45) is 1.71. The Morgan fingerprint density at radius 2 is 1.77 bits per heavy atom. The molecule has 156 valence electrons. The smallest absolute Gasteiger partial charge is 0.302 e. The minimum Gasteiger partial charge on any atom is -0.302 e. The zero-order valence-electron chi connectivity index (χ0n) is 17.8. The second-order valence-corrected chi connectivity index (χ2v) is 7.55. The second-order valence-electron chi connectivity index (χ2n) is 7.55. The molecule has 30 heavy (non-hydrogen) atoms. The van der Waals surface area contributed by atoms with Gasteiger partial charge in [0.15, 0.2) is 11.2 Å². The van der Waals surface area contributed by atoms with E-state index in [-0.39, 0.29) is 11.2 Å². The van der Waals surface area contributed by atoms with Gasteiger partial charge in [-0.25, -0.2) is 9.48 Å². The van der Waals surface area contributed by atoms with Crippen molar-refractivity contribution in [3.05, 3.63) is 74.2 Å². The van der Waals surface area contributed by atoms with Crippen LogP contribution in [0.2, 0.25) is 0 Å². The van der Waals surface area contributed by atoms with Crippen molar-refractivity contribution in [2.75, 3.05) is 0 Å². The summed E-state index contributed by atoms with van der Waals surface area (Å²) in [4.78, 5) is 30.5. The molecule has 0 spiro atoms. The molecule has 0 aliphatic heterocycles. The molecule has 4 rings (SSSR count). The summed E-state index contributed by atoms with van der Waals surface area (Å²) in [5, 5.41) is 4.56. The fraction of sp³-hybridized carbons (Fsp3) is 0.364. The summed E-state index contributed by atoms with van der Waals surface area (Å²) in [7, 11) is 1.66. The van der Waals surface area contributed by atoms with Crippen LogP contribution in [0.3, 0.4) is 0 Å². The molecular weight excluding hydrogens is 380 g/mol. The van der Waals surface area contributed by atoms with Crippen LogP contribution >= 0.6 is 0 Å². The van der Waals surface area contributed by atoms with E-state index in [2.05, 4.69) is 17.2 Å². The van der Waals surface area contributed by atoms with Crippen LogP contribution in [0.25, 0.3) is 17.1 Å². The SMILES string of the molecule is CCn1c(=O)c2c(nc(-n3nc(C)cc3C)n2CCCc2ccccc2)n(C)c1=O. The van der Waals surface area contributed by atoms with Gasteiger partial charge in [0.05, 0.1) is 5.69 Å². The lowest BCUT2D eigenvalue weighted by molar-refractivity contribution is 0.607. The molecule has 8 heteroatoms. The molecule has 1 aromatic carbocycles. The van der Waals surface area contributed by atoms with E-state index in [0.29, 0.717) is 30.2 Å². The summed E-state index contributed by atoms with van der Waals surface area (Å²) in [6, 6.07) is 12.2. The number of imidazole rings is 1. The fourth-order valence-electron chi connectivity index (χ4n) is 3.93. The Morgan fingerprint density at radius 3 is 2.40 bits per heavy atom. The largest absolute Gasteiger partial charge is 0.332 e. The van der Waals surface area contributed by atoms with E-state index >= 15 is 0 Å². The number of aromatic nitrogens is 6. The van der Waals surface area contributed by atoms with E-state index in [4.69, 9.17) is 4.98 Å². The molecule has 0 unspecified atom stereocenters. The van der Waals surface area contributed by atoms with Crippen molar-refractivity contribution in [2.24, 2.45) is 7.05 Å². The van der Waals surface area contributed by atoms with Crippen LogP contribution in [-0.2, 0) is 26.6 Å². The molecule has 0 saturated heterocycles. The van der Waals surface area contributed by atoms with Gasteiger partial charge in [-0.1, -0.05) is 30.3 Å². The lowest BCUT2D eigenvalue weighted by Gasteiger charge is -2.11. The monoisotopic (exact) mass is 406 g/mol. The zero-order chi connectivity index (χ0) is 21.4. The van der Waals surface area contributed by atoms with Crippen LogP contribution in [0.4, 0.5) is 0 Å². The summed E-state index contributed by atoms with van der Waals surface area (Å²) in [6.45, 7) is 6.58. The van der Waals surface area contributed by atoms with E-state index in [9.17, 15) is 9.59 Å². The van der Waals surface area contributed by atoms with Gasteiger partial charge in [-0.05, 0) is 45.2 Å². The minimum atomic E-state index is -0.358. The standard InChI is InChI=1S/C22H26N6O2/c1-5-26-20(29)18-19(25(4)22(26)30)23-21(28-16(3)14-15(2)24-28)27(18)13-9-12-17-10-7-6-8-11-17/h6-8,10-11,14H,5,9,12-13H2,1-4H3. The van der Waals surface area contributed by atoms with Crippen LogP contribution in [0.5, 0.6) is 0 Å². The molecule has 0 aliphatic rings. The molecule has 3 aromatic heterocycles. The number of benzene rings is 1. The summed E-state index contributed by atoms with van der Waals surface area (Å²) in [5.74, 6) is 0.560. The highest BCUT2D eigenvalue weighted by Gasteiger charge is 2.22. The Balaban J connectivity index is 1.89. The Hall–Kier alpha value is -3.42. The number of rotatable bonds is 6. The van der Waals surface area contributed by atoms with Gasteiger partial charge >= 0.3 is 5.69 Å². The van der Waals surface area contributed by atoms with Crippen molar-refractivity contribution in [2.45, 2.75) is 46.7 Å². The van der Waals surface area contributed by atoms with Crippen LogP contribution in [0.15, 0.2) is 46.0 Å². The third kappa shape index (κ3) is 3.28. The van der Waals surface area contributed by atoms with Gasteiger partial charge in [0.2, 0.25) is 5.95 Å². The Bertz CT molecular complexity index is 1320. The van der Waals surface area contributed by atoms with Gasteiger partial charge in [-0.15, -0.1) is 0 Å². The first kappa shape index (κ1) is 19.9. The van der Waals surface area contributed by atoms with Crippen LogP contribution in [-0.4, -0.2) is 28.5 Å². The molecule has 0 radical (unpaired) electrons. The van der Waals surface area contributed by atoms with Gasteiger partial charge in [-0.2, -0.15) is 10.1 Å². The van der Waals surface area contributed by atoms with Crippen LogP contribution in [0.1, 0.15) is 30.3 Å². The van der Waals surface area contributed by atoms with E-state index in [1.54, 1.807) is 18.7 Å². The van der Waals surface area contributed by atoms with Gasteiger partial charge in [-0.3, -0.25) is 13.9 Å². The van der Waals surface area contributed by atoms with E-state index in [0.717, 1.165) is 24.2 Å². The Labute approximate surface area is 174 Å². The van der Waals surface area contributed by atoms with Crippen LogP contribution in [0, 0.1) is 13.8 Å². The van der Waals surface area contributed by atoms with Gasteiger partial charge < -0.3 is 4.57 Å². The number of aryl methyl sites for hydroxylation is 5. The average Bonchev–Trinajstić information content (AvgIpc) is 3.27. The lowest BCUT2D eigenvalue weighted by atomic mass is 10.1. The van der Waals surface area contributed by atoms with Crippen molar-refractivity contribution >= 4 is 11.2 Å². The first-order valence-electron chi connectivity index (χ1n) is 10.2. The van der Waals surface area contributed by atoms with Crippen molar-refractivity contribution in [1.29, 1.82) is 0 Å². The summed E-state index contributed by atoms with van der Waals surface area (Å²) < 4.78 is 6.36. The number of fused-ring (bicyclic) bond motifs is 1. The predicted octanol–water partition coefficient (Wildman–Crippen LogP) is 2.35. The summed E-state index contributed by atoms with van der Waals surface area (Å²) >= 11 is 0. The first-order valence-corrected chi connectivity index (χ1v) is 10.2. The third-order valence-electron chi connectivity index (χ3n) is 5.42. The predicted molar refractivity (Wildman–Crippen MR) is 116 cm³/mol.